The normalized spacial score (nSPS) is 17.6. The van der Waals surface area contributed by atoms with E-state index in [-0.39, 0.29) is 5.41 Å². The van der Waals surface area contributed by atoms with Crippen molar-refractivity contribution >= 4 is 5.82 Å². The molecule has 0 atom stereocenters. The molecule has 2 rings (SSSR count). The zero-order chi connectivity index (χ0) is 16.2. The monoisotopic (exact) mass is 306 g/mol. The van der Waals surface area contributed by atoms with Gasteiger partial charge in [0.25, 0.3) is 0 Å². The summed E-state index contributed by atoms with van der Waals surface area (Å²) in [6, 6.07) is 2.08. The molecule has 0 bridgehead atoms. The highest BCUT2D eigenvalue weighted by molar-refractivity contribution is 5.41. The minimum absolute atomic E-state index is 0.0557. The van der Waals surface area contributed by atoms with Crippen molar-refractivity contribution in [1.82, 2.24) is 14.9 Å². The predicted molar refractivity (Wildman–Crippen MR) is 90.4 cm³/mol. The molecule has 5 nitrogen and oxygen atoms in total. The lowest BCUT2D eigenvalue weighted by molar-refractivity contribution is 0.181. The molecule has 124 valence electrons. The number of hydrogen-bond donors (Lipinski definition) is 0. The van der Waals surface area contributed by atoms with Crippen LogP contribution < -0.4 is 4.90 Å². The standard InChI is InChI=1S/C17H30N4O/c1-6-20-8-7-9-21(11-10-20)15-12-14(13-22-5)18-16(19-15)17(2,3)4/h12H,6-11,13H2,1-5H3. The Morgan fingerprint density at radius 1 is 1.14 bits per heavy atom. The topological polar surface area (TPSA) is 41.5 Å². The number of likely N-dealkylation sites (N-methyl/N-ethyl adjacent to an activating group) is 1. The minimum Gasteiger partial charge on any atom is -0.378 e. The van der Waals surface area contributed by atoms with Crippen LogP contribution in [0.5, 0.6) is 0 Å². The highest BCUT2D eigenvalue weighted by Crippen LogP contribution is 2.23. The first-order chi connectivity index (χ1) is 10.4. The van der Waals surface area contributed by atoms with Crippen molar-refractivity contribution in [3.63, 3.8) is 0 Å². The van der Waals surface area contributed by atoms with Crippen molar-refractivity contribution < 1.29 is 4.74 Å². The quantitative estimate of drug-likeness (QED) is 0.855. The van der Waals surface area contributed by atoms with E-state index in [1.807, 2.05) is 0 Å². The van der Waals surface area contributed by atoms with Gasteiger partial charge in [0, 0.05) is 38.2 Å². The van der Waals surface area contributed by atoms with Gasteiger partial charge in [-0.1, -0.05) is 27.7 Å². The van der Waals surface area contributed by atoms with Crippen LogP contribution in [0.2, 0.25) is 0 Å². The third-order valence-corrected chi connectivity index (χ3v) is 4.09. The van der Waals surface area contributed by atoms with Crippen LogP contribution in [0.3, 0.4) is 0 Å². The Balaban J connectivity index is 2.26. The lowest BCUT2D eigenvalue weighted by Crippen LogP contribution is -2.32. The number of nitrogens with zero attached hydrogens (tertiary/aromatic N) is 4. The fraction of sp³-hybridized carbons (Fsp3) is 0.765. The zero-order valence-corrected chi connectivity index (χ0v) is 14.7. The van der Waals surface area contributed by atoms with Gasteiger partial charge in [0.2, 0.25) is 0 Å². The summed E-state index contributed by atoms with van der Waals surface area (Å²) in [5, 5.41) is 0. The van der Waals surface area contributed by atoms with E-state index in [2.05, 4.69) is 48.5 Å². The molecular formula is C17H30N4O. The number of ether oxygens (including phenoxy) is 1. The predicted octanol–water partition coefficient (Wildman–Crippen LogP) is 2.45. The highest BCUT2D eigenvalue weighted by Gasteiger charge is 2.22. The van der Waals surface area contributed by atoms with Gasteiger partial charge >= 0.3 is 0 Å². The maximum Gasteiger partial charge on any atom is 0.136 e. The summed E-state index contributed by atoms with van der Waals surface area (Å²) in [4.78, 5) is 14.4. The molecule has 0 amide bonds. The molecule has 1 aliphatic rings. The molecule has 0 unspecified atom stereocenters. The largest absolute Gasteiger partial charge is 0.378 e. The Labute approximate surface area is 134 Å². The molecule has 22 heavy (non-hydrogen) atoms. The molecule has 5 heteroatoms. The Kier molecular flexibility index (Phi) is 5.75. The van der Waals surface area contributed by atoms with Gasteiger partial charge in [0.1, 0.15) is 11.6 Å². The van der Waals surface area contributed by atoms with Gasteiger partial charge in [-0.05, 0) is 19.5 Å². The van der Waals surface area contributed by atoms with E-state index in [1.54, 1.807) is 7.11 Å². The maximum atomic E-state index is 5.28. The van der Waals surface area contributed by atoms with Crippen molar-refractivity contribution in [2.75, 3.05) is 44.7 Å². The van der Waals surface area contributed by atoms with E-state index in [9.17, 15) is 0 Å². The van der Waals surface area contributed by atoms with Crippen LogP contribution in [0, 0.1) is 0 Å². The molecule has 0 spiro atoms. The van der Waals surface area contributed by atoms with E-state index in [0.29, 0.717) is 6.61 Å². The number of aromatic nitrogens is 2. The third-order valence-electron chi connectivity index (χ3n) is 4.09. The average Bonchev–Trinajstić information content (AvgIpc) is 2.71. The molecule has 2 heterocycles. The van der Waals surface area contributed by atoms with Crippen LogP contribution in [-0.4, -0.2) is 54.7 Å². The molecule has 0 saturated carbocycles. The van der Waals surface area contributed by atoms with Crippen LogP contribution in [0.25, 0.3) is 0 Å². The first kappa shape index (κ1) is 17.2. The third kappa shape index (κ3) is 4.40. The second kappa shape index (κ2) is 7.38. The number of methoxy groups -OCH3 is 1. The molecular weight excluding hydrogens is 276 g/mol. The minimum atomic E-state index is -0.0557. The number of rotatable bonds is 4. The van der Waals surface area contributed by atoms with Crippen LogP contribution in [-0.2, 0) is 16.8 Å². The average molecular weight is 306 g/mol. The second-order valence-electron chi connectivity index (χ2n) is 7.00. The Bertz CT molecular complexity index is 484. The van der Waals surface area contributed by atoms with Crippen molar-refractivity contribution in [3.8, 4) is 0 Å². The molecule has 0 radical (unpaired) electrons. The van der Waals surface area contributed by atoms with E-state index in [0.717, 1.165) is 43.5 Å². The van der Waals surface area contributed by atoms with Gasteiger partial charge in [-0.25, -0.2) is 9.97 Å². The van der Waals surface area contributed by atoms with Gasteiger partial charge < -0.3 is 14.5 Å². The van der Waals surface area contributed by atoms with Crippen molar-refractivity contribution in [2.45, 2.75) is 46.1 Å². The molecule has 1 saturated heterocycles. The molecule has 0 N–H and O–H groups in total. The molecule has 1 aromatic heterocycles. The Hall–Kier alpha value is -1.20. The molecule has 1 aromatic rings. The van der Waals surface area contributed by atoms with Crippen LogP contribution in [0.4, 0.5) is 5.82 Å². The van der Waals surface area contributed by atoms with Crippen LogP contribution in [0.1, 0.15) is 45.6 Å². The Morgan fingerprint density at radius 3 is 2.55 bits per heavy atom. The van der Waals surface area contributed by atoms with Gasteiger partial charge in [-0.15, -0.1) is 0 Å². The van der Waals surface area contributed by atoms with E-state index >= 15 is 0 Å². The van der Waals surface area contributed by atoms with Crippen LogP contribution in [0.15, 0.2) is 6.07 Å². The summed E-state index contributed by atoms with van der Waals surface area (Å²) in [6.45, 7) is 14.7. The van der Waals surface area contributed by atoms with Gasteiger partial charge in [0.15, 0.2) is 0 Å². The molecule has 1 fully saturated rings. The van der Waals surface area contributed by atoms with Gasteiger partial charge in [-0.3, -0.25) is 0 Å². The number of anilines is 1. The molecule has 0 aliphatic carbocycles. The summed E-state index contributed by atoms with van der Waals surface area (Å²) in [5.41, 5.74) is 0.911. The van der Waals surface area contributed by atoms with Crippen molar-refractivity contribution in [2.24, 2.45) is 0 Å². The zero-order valence-electron chi connectivity index (χ0n) is 14.7. The van der Waals surface area contributed by atoms with Gasteiger partial charge in [-0.2, -0.15) is 0 Å². The maximum absolute atomic E-state index is 5.28. The molecule has 0 aromatic carbocycles. The second-order valence-corrected chi connectivity index (χ2v) is 7.00. The fourth-order valence-corrected chi connectivity index (χ4v) is 2.72. The van der Waals surface area contributed by atoms with Crippen molar-refractivity contribution in [1.29, 1.82) is 0 Å². The number of hydrogen-bond acceptors (Lipinski definition) is 5. The lowest BCUT2D eigenvalue weighted by atomic mass is 9.95. The van der Waals surface area contributed by atoms with E-state index in [1.165, 1.54) is 13.0 Å². The molecule has 1 aliphatic heterocycles. The first-order valence-corrected chi connectivity index (χ1v) is 8.28. The summed E-state index contributed by atoms with van der Waals surface area (Å²) in [6.07, 6.45) is 1.18. The van der Waals surface area contributed by atoms with Crippen molar-refractivity contribution in [3.05, 3.63) is 17.6 Å². The smallest absolute Gasteiger partial charge is 0.136 e. The summed E-state index contributed by atoms with van der Waals surface area (Å²) in [7, 11) is 1.71. The fourth-order valence-electron chi connectivity index (χ4n) is 2.72. The van der Waals surface area contributed by atoms with Crippen LogP contribution >= 0.6 is 0 Å². The highest BCUT2D eigenvalue weighted by atomic mass is 16.5. The summed E-state index contributed by atoms with van der Waals surface area (Å²) >= 11 is 0. The Morgan fingerprint density at radius 2 is 1.91 bits per heavy atom. The van der Waals surface area contributed by atoms with Gasteiger partial charge in [0.05, 0.1) is 12.3 Å². The van der Waals surface area contributed by atoms with E-state index < -0.39 is 0 Å². The summed E-state index contributed by atoms with van der Waals surface area (Å²) in [5.74, 6) is 1.94. The SMILES string of the molecule is CCN1CCCN(c2cc(COC)nc(C(C)(C)C)n2)CC1. The van der Waals surface area contributed by atoms with E-state index in [4.69, 9.17) is 9.72 Å². The lowest BCUT2D eigenvalue weighted by Gasteiger charge is -2.25. The summed E-state index contributed by atoms with van der Waals surface area (Å²) < 4.78 is 5.28. The first-order valence-electron chi connectivity index (χ1n) is 8.28.